The molecule has 102 valence electrons. The number of ketones is 1. The summed E-state index contributed by atoms with van der Waals surface area (Å²) in [5, 5.41) is 0. The molecule has 1 aliphatic rings. The molecule has 19 heavy (non-hydrogen) atoms. The molecule has 0 N–H and O–H groups in total. The van der Waals surface area contributed by atoms with Crippen LogP contribution in [-0.4, -0.2) is 11.9 Å². The molecule has 0 saturated heterocycles. The molecule has 1 aromatic rings. The van der Waals surface area contributed by atoms with E-state index in [0.717, 1.165) is 12.1 Å². The Morgan fingerprint density at radius 2 is 2.16 bits per heavy atom. The first-order chi connectivity index (χ1) is 8.91. The Morgan fingerprint density at radius 3 is 2.79 bits per heavy atom. The number of alkyl halides is 3. The monoisotopic (exact) mass is 270 g/mol. The molecule has 2 nitrogen and oxygen atoms in total. The van der Waals surface area contributed by atoms with Crippen LogP contribution in [-0.2, 0) is 6.18 Å². The number of carbonyl (C=O) groups excluding carboxylic acids is 1. The lowest BCUT2D eigenvalue weighted by Crippen LogP contribution is -2.27. The first kappa shape index (κ1) is 13.6. The van der Waals surface area contributed by atoms with Crippen molar-refractivity contribution in [2.45, 2.75) is 31.5 Å². The SMILES string of the molecule is C=CCCC1CC(=O)c2ccc(C(F)(F)F)cc2O1. The van der Waals surface area contributed by atoms with Crippen molar-refractivity contribution in [3.05, 3.63) is 42.0 Å². The second-order valence-electron chi connectivity index (χ2n) is 4.44. The molecule has 2 rings (SSSR count). The van der Waals surface area contributed by atoms with E-state index in [-0.39, 0.29) is 29.6 Å². The van der Waals surface area contributed by atoms with E-state index >= 15 is 0 Å². The summed E-state index contributed by atoms with van der Waals surface area (Å²) >= 11 is 0. The van der Waals surface area contributed by atoms with Gasteiger partial charge in [-0.05, 0) is 31.0 Å². The van der Waals surface area contributed by atoms with Gasteiger partial charge in [-0.1, -0.05) is 6.08 Å². The highest BCUT2D eigenvalue weighted by molar-refractivity contribution is 6.00. The van der Waals surface area contributed by atoms with Crippen molar-refractivity contribution >= 4 is 5.78 Å². The molecule has 1 atom stereocenters. The molecule has 0 amide bonds. The Kier molecular flexibility index (Phi) is 3.64. The Bertz CT molecular complexity index is 506. The lowest BCUT2D eigenvalue weighted by atomic mass is 9.97. The minimum atomic E-state index is -4.44. The minimum Gasteiger partial charge on any atom is -0.489 e. The van der Waals surface area contributed by atoms with E-state index in [4.69, 9.17) is 4.74 Å². The van der Waals surface area contributed by atoms with Gasteiger partial charge in [0.05, 0.1) is 11.1 Å². The van der Waals surface area contributed by atoms with Crippen molar-refractivity contribution in [1.29, 1.82) is 0 Å². The van der Waals surface area contributed by atoms with Crippen molar-refractivity contribution in [3.8, 4) is 5.75 Å². The average molecular weight is 270 g/mol. The van der Waals surface area contributed by atoms with E-state index in [9.17, 15) is 18.0 Å². The first-order valence-electron chi connectivity index (χ1n) is 5.94. The number of rotatable bonds is 3. The maximum absolute atomic E-state index is 12.6. The summed E-state index contributed by atoms with van der Waals surface area (Å²) in [6, 6.07) is 2.99. The highest BCUT2D eigenvalue weighted by atomic mass is 19.4. The number of Topliss-reactive ketones (excluding diaryl/α,β-unsaturated/α-hetero) is 1. The number of fused-ring (bicyclic) bond motifs is 1. The van der Waals surface area contributed by atoms with E-state index in [0.29, 0.717) is 12.8 Å². The molecular weight excluding hydrogens is 257 g/mol. The van der Waals surface area contributed by atoms with Gasteiger partial charge in [-0.2, -0.15) is 13.2 Å². The number of allylic oxidation sites excluding steroid dienone is 1. The summed E-state index contributed by atoms with van der Waals surface area (Å²) in [5.41, 5.74) is -0.578. The molecule has 0 radical (unpaired) electrons. The summed E-state index contributed by atoms with van der Waals surface area (Å²) < 4.78 is 43.3. The van der Waals surface area contributed by atoms with Crippen LogP contribution < -0.4 is 4.74 Å². The Balaban J connectivity index is 2.28. The van der Waals surface area contributed by atoms with Gasteiger partial charge < -0.3 is 4.74 Å². The zero-order chi connectivity index (χ0) is 14.0. The van der Waals surface area contributed by atoms with Gasteiger partial charge in [-0.3, -0.25) is 4.79 Å². The third-order valence-electron chi connectivity index (χ3n) is 3.01. The first-order valence-corrected chi connectivity index (χ1v) is 5.94. The molecule has 1 heterocycles. The fraction of sp³-hybridized carbons (Fsp3) is 0.357. The molecule has 0 spiro atoms. The van der Waals surface area contributed by atoms with E-state index in [1.165, 1.54) is 6.07 Å². The zero-order valence-corrected chi connectivity index (χ0v) is 10.2. The maximum atomic E-state index is 12.6. The Labute approximate surface area is 108 Å². The third kappa shape index (κ3) is 2.97. The summed E-state index contributed by atoms with van der Waals surface area (Å²) in [4.78, 5) is 11.8. The lowest BCUT2D eigenvalue weighted by molar-refractivity contribution is -0.137. The highest BCUT2D eigenvalue weighted by Gasteiger charge is 2.33. The standard InChI is InChI=1S/C14H13F3O2/c1-2-3-4-10-8-12(18)11-6-5-9(14(15,16)17)7-13(11)19-10/h2,5-7,10H,1,3-4,8H2. The average Bonchev–Trinajstić information content (AvgIpc) is 2.34. The van der Waals surface area contributed by atoms with Gasteiger partial charge in [-0.25, -0.2) is 0 Å². The fourth-order valence-electron chi connectivity index (χ4n) is 2.03. The van der Waals surface area contributed by atoms with Gasteiger partial charge in [0.15, 0.2) is 5.78 Å². The molecule has 1 aliphatic heterocycles. The van der Waals surface area contributed by atoms with Crippen LogP contribution in [0, 0.1) is 0 Å². The van der Waals surface area contributed by atoms with Crippen molar-refractivity contribution in [2.75, 3.05) is 0 Å². The quantitative estimate of drug-likeness (QED) is 0.776. The van der Waals surface area contributed by atoms with Gasteiger partial charge >= 0.3 is 6.18 Å². The molecule has 1 aromatic carbocycles. The van der Waals surface area contributed by atoms with E-state index in [1.54, 1.807) is 6.08 Å². The normalized spacial score (nSPS) is 18.7. The molecule has 0 aromatic heterocycles. The number of benzene rings is 1. The Morgan fingerprint density at radius 1 is 1.42 bits per heavy atom. The predicted octanol–water partition coefficient (Wildman–Crippen LogP) is 4.01. The molecular formula is C14H13F3O2. The van der Waals surface area contributed by atoms with E-state index in [2.05, 4.69) is 6.58 Å². The number of hydrogen-bond acceptors (Lipinski definition) is 2. The van der Waals surface area contributed by atoms with Gasteiger partial charge in [0.1, 0.15) is 11.9 Å². The van der Waals surface area contributed by atoms with Crippen LogP contribution in [0.2, 0.25) is 0 Å². The lowest BCUT2D eigenvalue weighted by Gasteiger charge is -2.25. The van der Waals surface area contributed by atoms with Crippen LogP contribution in [0.5, 0.6) is 5.75 Å². The smallest absolute Gasteiger partial charge is 0.416 e. The number of halogens is 3. The summed E-state index contributed by atoms with van der Waals surface area (Å²) in [6.45, 7) is 3.57. The summed E-state index contributed by atoms with van der Waals surface area (Å²) in [7, 11) is 0. The second-order valence-corrected chi connectivity index (χ2v) is 4.44. The Hall–Kier alpha value is -1.78. The fourth-order valence-corrected chi connectivity index (χ4v) is 2.03. The van der Waals surface area contributed by atoms with Crippen molar-refractivity contribution in [2.24, 2.45) is 0 Å². The topological polar surface area (TPSA) is 26.3 Å². The van der Waals surface area contributed by atoms with Crippen molar-refractivity contribution in [1.82, 2.24) is 0 Å². The summed E-state index contributed by atoms with van der Waals surface area (Å²) in [5.74, 6) is -0.149. The van der Waals surface area contributed by atoms with Gasteiger partial charge in [0.25, 0.3) is 0 Å². The second kappa shape index (κ2) is 5.07. The van der Waals surface area contributed by atoms with Gasteiger partial charge in [0, 0.05) is 6.42 Å². The molecule has 0 aliphatic carbocycles. The van der Waals surface area contributed by atoms with Crippen LogP contribution in [0.15, 0.2) is 30.9 Å². The van der Waals surface area contributed by atoms with Crippen molar-refractivity contribution in [3.63, 3.8) is 0 Å². The van der Waals surface area contributed by atoms with Crippen LogP contribution in [0.25, 0.3) is 0 Å². The molecule has 5 heteroatoms. The largest absolute Gasteiger partial charge is 0.489 e. The minimum absolute atomic E-state index is 0.0279. The third-order valence-corrected chi connectivity index (χ3v) is 3.01. The van der Waals surface area contributed by atoms with Crippen LogP contribution in [0.4, 0.5) is 13.2 Å². The van der Waals surface area contributed by atoms with Crippen LogP contribution in [0.3, 0.4) is 0 Å². The van der Waals surface area contributed by atoms with Crippen molar-refractivity contribution < 1.29 is 22.7 Å². The molecule has 0 fully saturated rings. The molecule has 0 bridgehead atoms. The molecule has 0 saturated carbocycles. The van der Waals surface area contributed by atoms with E-state index < -0.39 is 11.7 Å². The number of ether oxygens (including phenoxy) is 1. The predicted molar refractivity (Wildman–Crippen MR) is 64.2 cm³/mol. The molecule has 1 unspecified atom stereocenters. The van der Waals surface area contributed by atoms with Crippen LogP contribution >= 0.6 is 0 Å². The number of carbonyl (C=O) groups is 1. The zero-order valence-electron chi connectivity index (χ0n) is 10.2. The highest BCUT2D eigenvalue weighted by Crippen LogP contribution is 2.36. The maximum Gasteiger partial charge on any atom is 0.416 e. The van der Waals surface area contributed by atoms with Crippen LogP contribution in [0.1, 0.15) is 35.2 Å². The van der Waals surface area contributed by atoms with Gasteiger partial charge in [-0.15, -0.1) is 6.58 Å². The van der Waals surface area contributed by atoms with E-state index in [1.807, 2.05) is 0 Å². The number of hydrogen-bond donors (Lipinski definition) is 0. The summed E-state index contributed by atoms with van der Waals surface area (Å²) in [6.07, 6.45) is -1.68. The van der Waals surface area contributed by atoms with Gasteiger partial charge in [0.2, 0.25) is 0 Å².